The van der Waals surface area contributed by atoms with Crippen molar-refractivity contribution in [3.8, 4) is 0 Å². The monoisotopic (exact) mass is 316 g/mol. The Labute approximate surface area is 137 Å². The van der Waals surface area contributed by atoms with Gasteiger partial charge in [0.05, 0.1) is 12.0 Å². The van der Waals surface area contributed by atoms with Gasteiger partial charge in [-0.25, -0.2) is 9.37 Å². The SMILES string of the molecule is CC(C)Cn1cncc1CN[C@H]1CCN(c2ccc(F)cc2)C1. The van der Waals surface area contributed by atoms with Gasteiger partial charge in [-0.3, -0.25) is 0 Å². The number of nitrogens with zero attached hydrogens (tertiary/aromatic N) is 3. The summed E-state index contributed by atoms with van der Waals surface area (Å²) < 4.78 is 15.2. The van der Waals surface area contributed by atoms with Crippen molar-refractivity contribution >= 4 is 5.69 Å². The molecule has 0 amide bonds. The fraction of sp³-hybridized carbons (Fsp3) is 0.500. The van der Waals surface area contributed by atoms with Crippen LogP contribution in [-0.2, 0) is 13.1 Å². The second-order valence-electron chi connectivity index (χ2n) is 6.72. The second kappa shape index (κ2) is 7.13. The van der Waals surface area contributed by atoms with Crippen molar-refractivity contribution in [2.45, 2.75) is 39.4 Å². The molecule has 2 heterocycles. The van der Waals surface area contributed by atoms with E-state index in [4.69, 9.17) is 0 Å². The Balaban J connectivity index is 1.52. The maximum absolute atomic E-state index is 13.0. The highest BCUT2D eigenvalue weighted by atomic mass is 19.1. The molecule has 3 rings (SSSR count). The summed E-state index contributed by atoms with van der Waals surface area (Å²) in [5, 5.41) is 3.63. The van der Waals surface area contributed by atoms with Crippen LogP contribution in [0.2, 0.25) is 0 Å². The fourth-order valence-corrected chi connectivity index (χ4v) is 3.12. The van der Waals surface area contributed by atoms with Crippen molar-refractivity contribution in [2.75, 3.05) is 18.0 Å². The van der Waals surface area contributed by atoms with E-state index < -0.39 is 0 Å². The first kappa shape index (κ1) is 16.0. The number of rotatable bonds is 6. The van der Waals surface area contributed by atoms with Gasteiger partial charge in [-0.1, -0.05) is 13.8 Å². The number of halogens is 1. The predicted octanol–water partition coefficient (Wildman–Crippen LogP) is 3.05. The Morgan fingerprint density at radius 3 is 2.83 bits per heavy atom. The van der Waals surface area contributed by atoms with Gasteiger partial charge in [-0.15, -0.1) is 0 Å². The van der Waals surface area contributed by atoms with Crippen LogP contribution in [0.4, 0.5) is 10.1 Å². The zero-order valence-corrected chi connectivity index (χ0v) is 13.9. The Morgan fingerprint density at radius 1 is 1.30 bits per heavy atom. The lowest BCUT2D eigenvalue weighted by Gasteiger charge is -2.19. The molecule has 0 aliphatic carbocycles. The fourth-order valence-electron chi connectivity index (χ4n) is 3.12. The molecule has 0 bridgehead atoms. The van der Waals surface area contributed by atoms with Gasteiger partial charge < -0.3 is 14.8 Å². The second-order valence-corrected chi connectivity index (χ2v) is 6.72. The summed E-state index contributed by atoms with van der Waals surface area (Å²) in [6.45, 7) is 8.25. The molecule has 5 heteroatoms. The summed E-state index contributed by atoms with van der Waals surface area (Å²) in [6.07, 6.45) is 4.97. The zero-order chi connectivity index (χ0) is 16.2. The van der Waals surface area contributed by atoms with E-state index in [0.717, 1.165) is 38.3 Å². The number of hydrogen-bond donors (Lipinski definition) is 1. The van der Waals surface area contributed by atoms with Crippen LogP contribution in [0.25, 0.3) is 0 Å². The molecule has 1 aliphatic heterocycles. The van der Waals surface area contributed by atoms with Gasteiger partial charge in [0.1, 0.15) is 5.82 Å². The summed E-state index contributed by atoms with van der Waals surface area (Å²) in [7, 11) is 0. The molecule has 2 aromatic rings. The zero-order valence-electron chi connectivity index (χ0n) is 13.9. The summed E-state index contributed by atoms with van der Waals surface area (Å²) in [5.74, 6) is 0.435. The van der Waals surface area contributed by atoms with Crippen LogP contribution < -0.4 is 10.2 Å². The van der Waals surface area contributed by atoms with Crippen molar-refractivity contribution < 1.29 is 4.39 Å². The molecule has 1 fully saturated rings. The summed E-state index contributed by atoms with van der Waals surface area (Å²) in [5.41, 5.74) is 2.33. The molecule has 1 saturated heterocycles. The highest BCUT2D eigenvalue weighted by Crippen LogP contribution is 2.20. The summed E-state index contributed by atoms with van der Waals surface area (Å²) in [4.78, 5) is 6.58. The first-order chi connectivity index (χ1) is 11.1. The van der Waals surface area contributed by atoms with Crippen LogP contribution in [0.5, 0.6) is 0 Å². The minimum absolute atomic E-state index is 0.180. The van der Waals surface area contributed by atoms with Gasteiger partial charge in [0.2, 0.25) is 0 Å². The third kappa shape index (κ3) is 4.10. The summed E-state index contributed by atoms with van der Waals surface area (Å²) >= 11 is 0. The maximum Gasteiger partial charge on any atom is 0.123 e. The van der Waals surface area contributed by atoms with Crippen LogP contribution in [0.1, 0.15) is 26.0 Å². The first-order valence-corrected chi connectivity index (χ1v) is 8.34. The highest BCUT2D eigenvalue weighted by Gasteiger charge is 2.22. The van der Waals surface area contributed by atoms with Gasteiger partial charge in [0.25, 0.3) is 0 Å². The first-order valence-electron chi connectivity index (χ1n) is 8.34. The van der Waals surface area contributed by atoms with Crippen molar-refractivity contribution in [1.82, 2.24) is 14.9 Å². The molecule has 0 radical (unpaired) electrons. The molecule has 0 saturated carbocycles. The Hall–Kier alpha value is -1.88. The molecule has 1 atom stereocenters. The van der Waals surface area contributed by atoms with Gasteiger partial charge in [-0.2, -0.15) is 0 Å². The highest BCUT2D eigenvalue weighted by molar-refractivity contribution is 5.47. The average molecular weight is 316 g/mol. The molecule has 0 spiro atoms. The van der Waals surface area contributed by atoms with E-state index in [1.165, 1.54) is 17.8 Å². The van der Waals surface area contributed by atoms with Crippen LogP contribution in [0.15, 0.2) is 36.8 Å². The number of nitrogens with one attached hydrogen (secondary N) is 1. The van der Waals surface area contributed by atoms with E-state index in [1.807, 2.05) is 24.7 Å². The molecule has 4 nitrogen and oxygen atoms in total. The molecule has 23 heavy (non-hydrogen) atoms. The van der Waals surface area contributed by atoms with Crippen molar-refractivity contribution in [3.63, 3.8) is 0 Å². The van der Waals surface area contributed by atoms with Crippen molar-refractivity contribution in [3.05, 3.63) is 48.3 Å². The topological polar surface area (TPSA) is 33.1 Å². The van der Waals surface area contributed by atoms with Crippen molar-refractivity contribution in [2.24, 2.45) is 5.92 Å². The van der Waals surface area contributed by atoms with Crippen LogP contribution >= 0.6 is 0 Å². The number of benzene rings is 1. The van der Waals surface area contributed by atoms with E-state index in [1.54, 1.807) is 0 Å². The average Bonchev–Trinajstić information content (AvgIpc) is 3.15. The number of aromatic nitrogens is 2. The Kier molecular flexibility index (Phi) is 4.96. The third-order valence-electron chi connectivity index (χ3n) is 4.31. The van der Waals surface area contributed by atoms with Crippen LogP contribution in [-0.4, -0.2) is 28.7 Å². The van der Waals surface area contributed by atoms with Crippen molar-refractivity contribution in [1.29, 1.82) is 0 Å². The Bertz CT molecular complexity index is 620. The van der Waals surface area contributed by atoms with E-state index in [-0.39, 0.29) is 5.82 Å². The molecule has 0 unspecified atom stereocenters. The smallest absolute Gasteiger partial charge is 0.123 e. The largest absolute Gasteiger partial charge is 0.370 e. The Morgan fingerprint density at radius 2 is 2.09 bits per heavy atom. The molecule has 1 aliphatic rings. The molecular formula is C18H25FN4. The molecular weight excluding hydrogens is 291 g/mol. The normalized spacial score (nSPS) is 18.1. The molecule has 124 valence electrons. The third-order valence-corrected chi connectivity index (χ3v) is 4.31. The lowest BCUT2D eigenvalue weighted by molar-refractivity contribution is 0.484. The van der Waals surface area contributed by atoms with E-state index in [0.29, 0.717) is 12.0 Å². The molecule has 1 N–H and O–H groups in total. The van der Waals surface area contributed by atoms with E-state index >= 15 is 0 Å². The van der Waals surface area contributed by atoms with Gasteiger partial charge in [-0.05, 0) is 36.6 Å². The number of hydrogen-bond acceptors (Lipinski definition) is 3. The van der Waals surface area contributed by atoms with E-state index in [2.05, 4.69) is 33.6 Å². The van der Waals surface area contributed by atoms with Crippen LogP contribution in [0, 0.1) is 11.7 Å². The van der Waals surface area contributed by atoms with Crippen LogP contribution in [0.3, 0.4) is 0 Å². The lowest BCUT2D eigenvalue weighted by Crippen LogP contribution is -2.32. The van der Waals surface area contributed by atoms with Gasteiger partial charge in [0, 0.05) is 44.1 Å². The minimum Gasteiger partial charge on any atom is -0.370 e. The number of anilines is 1. The quantitative estimate of drug-likeness (QED) is 0.889. The number of imidazole rings is 1. The minimum atomic E-state index is -0.180. The summed E-state index contributed by atoms with van der Waals surface area (Å²) in [6, 6.07) is 7.23. The molecule has 1 aromatic carbocycles. The molecule has 1 aromatic heterocycles. The standard InChI is InChI=1S/C18H25FN4/c1-14(2)11-23-13-20-9-18(23)10-21-16-7-8-22(12-16)17-5-3-15(19)4-6-17/h3-6,9,13-14,16,21H,7-8,10-12H2,1-2H3/t16-/m0/s1. The maximum atomic E-state index is 13.0. The van der Waals surface area contributed by atoms with E-state index in [9.17, 15) is 4.39 Å². The lowest BCUT2D eigenvalue weighted by atomic mass is 10.2. The van der Waals surface area contributed by atoms with Gasteiger partial charge in [0.15, 0.2) is 0 Å². The van der Waals surface area contributed by atoms with Gasteiger partial charge >= 0.3 is 0 Å². The predicted molar refractivity (Wildman–Crippen MR) is 90.9 cm³/mol.